The Hall–Kier alpha value is -3.16. The van der Waals surface area contributed by atoms with Gasteiger partial charge in [-0.05, 0) is 59.5 Å². The Kier molecular flexibility index (Phi) is 5.57. The van der Waals surface area contributed by atoms with E-state index in [4.69, 9.17) is 9.15 Å². The zero-order chi connectivity index (χ0) is 21.3. The number of carbonyl (C=O) groups excluding carboxylic acids is 1. The van der Waals surface area contributed by atoms with Gasteiger partial charge < -0.3 is 14.1 Å². The summed E-state index contributed by atoms with van der Waals surface area (Å²) in [5.41, 5.74) is 0.971. The molecule has 8 heteroatoms. The van der Waals surface area contributed by atoms with Gasteiger partial charge >= 0.3 is 0 Å². The zero-order valence-corrected chi connectivity index (χ0v) is 17.8. The van der Waals surface area contributed by atoms with Crippen molar-refractivity contribution >= 4 is 5.91 Å². The van der Waals surface area contributed by atoms with Gasteiger partial charge in [-0.2, -0.15) is 0 Å². The van der Waals surface area contributed by atoms with Crippen molar-refractivity contribution in [2.75, 3.05) is 14.2 Å². The third kappa shape index (κ3) is 4.22. The number of rotatable bonds is 8. The Morgan fingerprint density at radius 3 is 2.83 bits per heavy atom. The van der Waals surface area contributed by atoms with E-state index in [-0.39, 0.29) is 5.91 Å². The molecule has 1 saturated carbocycles. The first kappa shape index (κ1) is 20.1. The highest BCUT2D eigenvalue weighted by Crippen LogP contribution is 2.47. The molecule has 0 bridgehead atoms. The molecule has 3 aromatic rings. The van der Waals surface area contributed by atoms with Crippen LogP contribution in [-0.4, -0.2) is 45.2 Å². The minimum atomic E-state index is -0.560. The van der Waals surface area contributed by atoms with E-state index in [0.717, 1.165) is 22.8 Å². The van der Waals surface area contributed by atoms with Gasteiger partial charge in [0.15, 0.2) is 0 Å². The molecule has 1 aromatic carbocycles. The molecular weight excluding hydrogens is 382 g/mol. The maximum absolute atomic E-state index is 13.4. The summed E-state index contributed by atoms with van der Waals surface area (Å²) in [4.78, 5) is 15.1. The Morgan fingerprint density at radius 1 is 1.37 bits per heavy atom. The smallest absolute Gasteiger partial charge is 0.248 e. The number of carbonyl (C=O) groups is 1. The second-order valence-electron chi connectivity index (χ2n) is 8.06. The summed E-state index contributed by atoms with van der Waals surface area (Å²) in [6.45, 7) is 4.41. The van der Waals surface area contributed by atoms with Crippen LogP contribution in [0.4, 0.5) is 0 Å². The van der Waals surface area contributed by atoms with E-state index >= 15 is 0 Å². The van der Waals surface area contributed by atoms with E-state index in [1.165, 1.54) is 6.42 Å². The number of nitrogens with zero attached hydrogens (tertiary/aromatic N) is 5. The van der Waals surface area contributed by atoms with Gasteiger partial charge in [-0.15, -0.1) is 5.10 Å². The number of amides is 1. The molecule has 0 N–H and O–H groups in total. The van der Waals surface area contributed by atoms with Crippen molar-refractivity contribution in [2.45, 2.75) is 45.2 Å². The van der Waals surface area contributed by atoms with Crippen LogP contribution in [0.25, 0.3) is 0 Å². The van der Waals surface area contributed by atoms with Gasteiger partial charge in [0.2, 0.25) is 5.91 Å². The molecule has 1 aliphatic carbocycles. The molecule has 3 atom stereocenters. The number of methoxy groups -OCH3 is 1. The lowest BCUT2D eigenvalue weighted by atomic mass is 10.0. The van der Waals surface area contributed by atoms with Crippen molar-refractivity contribution < 1.29 is 13.9 Å². The highest BCUT2D eigenvalue weighted by Gasteiger charge is 2.36. The van der Waals surface area contributed by atoms with E-state index in [9.17, 15) is 4.79 Å². The van der Waals surface area contributed by atoms with Crippen molar-refractivity contribution in [1.29, 1.82) is 0 Å². The Bertz CT molecular complexity index is 1030. The van der Waals surface area contributed by atoms with Crippen LogP contribution in [0, 0.1) is 12.8 Å². The summed E-state index contributed by atoms with van der Waals surface area (Å²) in [6, 6.07) is 11.1. The molecule has 0 aliphatic heterocycles. The summed E-state index contributed by atoms with van der Waals surface area (Å²) in [6.07, 6.45) is 1.62. The molecule has 0 saturated heterocycles. The number of aryl methyl sites for hydroxylation is 1. The van der Waals surface area contributed by atoms with Gasteiger partial charge in [-0.1, -0.05) is 19.1 Å². The lowest BCUT2D eigenvalue weighted by molar-refractivity contribution is -0.134. The average Bonchev–Trinajstić information content (AvgIpc) is 3.11. The molecule has 1 fully saturated rings. The summed E-state index contributed by atoms with van der Waals surface area (Å²) >= 11 is 0. The monoisotopic (exact) mass is 409 g/mol. The molecule has 30 heavy (non-hydrogen) atoms. The lowest BCUT2D eigenvalue weighted by Crippen LogP contribution is -2.36. The first-order valence-electron chi connectivity index (χ1n) is 10.2. The minimum absolute atomic E-state index is 0.0778. The van der Waals surface area contributed by atoms with Crippen LogP contribution in [0.3, 0.4) is 0 Å². The van der Waals surface area contributed by atoms with E-state index in [0.29, 0.717) is 30.6 Å². The van der Waals surface area contributed by atoms with Crippen LogP contribution < -0.4 is 4.74 Å². The van der Waals surface area contributed by atoms with Crippen LogP contribution in [-0.2, 0) is 17.8 Å². The van der Waals surface area contributed by atoms with Gasteiger partial charge in [0.05, 0.1) is 13.7 Å². The van der Waals surface area contributed by atoms with E-state index in [2.05, 4.69) is 22.4 Å². The van der Waals surface area contributed by atoms with Crippen molar-refractivity contribution in [3.8, 4) is 5.75 Å². The maximum Gasteiger partial charge on any atom is 0.248 e. The number of ether oxygens (including phenoxy) is 1. The maximum atomic E-state index is 13.4. The molecule has 4 rings (SSSR count). The van der Waals surface area contributed by atoms with Crippen molar-refractivity contribution in [2.24, 2.45) is 5.92 Å². The molecule has 1 amide bonds. The topological polar surface area (TPSA) is 86.3 Å². The predicted octanol–water partition coefficient (Wildman–Crippen LogP) is 3.15. The van der Waals surface area contributed by atoms with E-state index in [1.807, 2.05) is 36.4 Å². The normalized spacial score (nSPS) is 18.8. The highest BCUT2D eigenvalue weighted by molar-refractivity contribution is 5.80. The number of tetrazole rings is 1. The van der Waals surface area contributed by atoms with E-state index < -0.39 is 6.04 Å². The molecule has 158 valence electrons. The average molecular weight is 409 g/mol. The molecule has 0 spiro atoms. The van der Waals surface area contributed by atoms with Crippen LogP contribution in [0.1, 0.15) is 48.2 Å². The summed E-state index contributed by atoms with van der Waals surface area (Å²) in [5, 5.41) is 11.8. The second-order valence-corrected chi connectivity index (χ2v) is 8.06. The lowest BCUT2D eigenvalue weighted by Gasteiger charge is -2.23. The largest absolute Gasteiger partial charge is 0.497 e. The first-order chi connectivity index (χ1) is 14.5. The van der Waals surface area contributed by atoms with Crippen LogP contribution in [0.5, 0.6) is 5.75 Å². The zero-order valence-electron chi connectivity index (χ0n) is 17.8. The van der Waals surface area contributed by atoms with Crippen LogP contribution >= 0.6 is 0 Å². The number of aromatic nitrogens is 4. The van der Waals surface area contributed by atoms with Crippen molar-refractivity contribution in [1.82, 2.24) is 25.1 Å². The van der Waals surface area contributed by atoms with Gasteiger partial charge in [0.1, 0.15) is 29.1 Å². The summed E-state index contributed by atoms with van der Waals surface area (Å²) in [7, 11) is 3.41. The fourth-order valence-corrected chi connectivity index (χ4v) is 3.79. The minimum Gasteiger partial charge on any atom is -0.497 e. The molecule has 8 nitrogen and oxygen atoms in total. The van der Waals surface area contributed by atoms with Crippen LogP contribution in [0.2, 0.25) is 0 Å². The Balaban J connectivity index is 1.52. The molecule has 1 aliphatic rings. The van der Waals surface area contributed by atoms with Crippen molar-refractivity contribution in [3.05, 3.63) is 59.3 Å². The number of likely N-dealkylation sites (N-methyl/N-ethyl adjacent to an activating group) is 1. The molecular formula is C22H27N5O3. The molecule has 0 unspecified atom stereocenters. The number of hydrogen-bond donors (Lipinski definition) is 0. The SMILES string of the molecule is COc1cccc(C[C@H](C(=O)N(C)Cc2ccc([C@@H]3C[C@H]3C)o2)n2nnnc2C)c1. The number of furan rings is 1. The number of hydrogen-bond acceptors (Lipinski definition) is 6. The van der Waals surface area contributed by atoms with Crippen molar-refractivity contribution in [3.63, 3.8) is 0 Å². The second kappa shape index (κ2) is 8.30. The Morgan fingerprint density at radius 2 is 2.17 bits per heavy atom. The van der Waals surface area contributed by atoms with Crippen LogP contribution in [0.15, 0.2) is 40.8 Å². The van der Waals surface area contributed by atoms with Gasteiger partial charge in [-0.3, -0.25) is 4.79 Å². The van der Waals surface area contributed by atoms with Gasteiger partial charge in [0, 0.05) is 19.4 Å². The van der Waals surface area contributed by atoms with Gasteiger partial charge in [-0.25, -0.2) is 4.68 Å². The third-order valence-electron chi connectivity index (χ3n) is 5.73. The highest BCUT2D eigenvalue weighted by atomic mass is 16.5. The Labute approximate surface area is 175 Å². The first-order valence-corrected chi connectivity index (χ1v) is 10.2. The fourth-order valence-electron chi connectivity index (χ4n) is 3.79. The summed E-state index contributed by atoms with van der Waals surface area (Å²) in [5.74, 6) is 4.26. The quantitative estimate of drug-likeness (QED) is 0.568. The third-order valence-corrected chi connectivity index (χ3v) is 5.73. The van der Waals surface area contributed by atoms with Gasteiger partial charge in [0.25, 0.3) is 0 Å². The molecule has 0 radical (unpaired) electrons. The predicted molar refractivity (Wildman–Crippen MR) is 110 cm³/mol. The number of benzene rings is 1. The summed E-state index contributed by atoms with van der Waals surface area (Å²) < 4.78 is 12.9. The van der Waals surface area contributed by atoms with E-state index in [1.54, 1.807) is 30.7 Å². The standard InChI is InChI=1S/C22H27N5O3/c1-14-10-19(14)21-9-8-18(30-21)13-26(3)22(28)20(27-15(2)23-24-25-27)12-16-6-5-7-17(11-16)29-4/h5-9,11,14,19-20H,10,12-13H2,1-4H3/t14-,19-,20-/m1/s1. The molecule has 2 aromatic heterocycles. The molecule has 2 heterocycles. The fraction of sp³-hybridized carbons (Fsp3) is 0.455.